The Labute approximate surface area is 118 Å². The first-order valence-electron chi connectivity index (χ1n) is 6.99. The minimum Gasteiger partial charge on any atom is -0.481 e. The smallest absolute Gasteiger partial charge is 0.317 e. The zero-order valence-corrected chi connectivity index (χ0v) is 12.0. The molecule has 0 aromatic rings. The zero-order chi connectivity index (χ0) is 15.1. The number of hydrogen-bond acceptors (Lipinski definition) is 3. The fourth-order valence-electron chi connectivity index (χ4n) is 2.37. The van der Waals surface area contributed by atoms with E-state index in [1.165, 1.54) is 0 Å². The van der Waals surface area contributed by atoms with E-state index in [0.717, 1.165) is 0 Å². The van der Waals surface area contributed by atoms with E-state index >= 15 is 0 Å². The predicted molar refractivity (Wildman–Crippen MR) is 73.2 cm³/mol. The summed E-state index contributed by atoms with van der Waals surface area (Å²) in [4.78, 5) is 35.8. The van der Waals surface area contributed by atoms with Gasteiger partial charge in [0.15, 0.2) is 0 Å². The molecular weight excluding hydrogens is 262 g/mol. The standard InChI is InChI=1S/C13H23N3O4/c1-3-14-11(17)4-6-15-13(20)16-7-5-10(12(18)19)8-9(16)2/h9-10H,3-8H2,1-2H3,(H,14,17)(H,15,20)(H,18,19). The van der Waals surface area contributed by atoms with Crippen molar-refractivity contribution in [3.05, 3.63) is 0 Å². The summed E-state index contributed by atoms with van der Waals surface area (Å²) in [5.41, 5.74) is 0. The molecule has 3 amide bonds. The molecule has 0 saturated carbocycles. The Balaban J connectivity index is 2.33. The van der Waals surface area contributed by atoms with E-state index in [0.29, 0.717) is 25.9 Å². The Kier molecular flexibility index (Phi) is 6.27. The zero-order valence-electron chi connectivity index (χ0n) is 12.0. The number of carbonyl (C=O) groups is 3. The number of aliphatic carboxylic acids is 1. The van der Waals surface area contributed by atoms with Gasteiger partial charge >= 0.3 is 12.0 Å². The molecule has 0 bridgehead atoms. The lowest BCUT2D eigenvalue weighted by Crippen LogP contribution is -2.50. The third-order valence-corrected chi connectivity index (χ3v) is 3.49. The minimum atomic E-state index is -0.798. The van der Waals surface area contributed by atoms with Crippen LogP contribution in [0.15, 0.2) is 0 Å². The Hall–Kier alpha value is -1.79. The van der Waals surface area contributed by atoms with Crippen LogP contribution >= 0.6 is 0 Å². The van der Waals surface area contributed by atoms with Gasteiger partial charge in [0.05, 0.1) is 5.92 Å². The van der Waals surface area contributed by atoms with Crippen molar-refractivity contribution >= 4 is 17.9 Å². The molecular formula is C13H23N3O4. The van der Waals surface area contributed by atoms with Gasteiger partial charge in [-0.05, 0) is 26.7 Å². The van der Waals surface area contributed by atoms with Crippen molar-refractivity contribution in [3.63, 3.8) is 0 Å². The largest absolute Gasteiger partial charge is 0.481 e. The second-order valence-electron chi connectivity index (χ2n) is 5.04. The average Bonchev–Trinajstić information content (AvgIpc) is 2.38. The summed E-state index contributed by atoms with van der Waals surface area (Å²) in [6.07, 6.45) is 1.20. The molecule has 7 nitrogen and oxygen atoms in total. The molecule has 1 fully saturated rings. The van der Waals surface area contributed by atoms with Crippen molar-refractivity contribution < 1.29 is 19.5 Å². The van der Waals surface area contributed by atoms with Gasteiger partial charge in [0, 0.05) is 32.1 Å². The van der Waals surface area contributed by atoms with Crippen molar-refractivity contribution in [2.75, 3.05) is 19.6 Å². The van der Waals surface area contributed by atoms with Crippen LogP contribution in [0, 0.1) is 5.92 Å². The summed E-state index contributed by atoms with van der Waals surface area (Å²) < 4.78 is 0. The number of carbonyl (C=O) groups excluding carboxylic acids is 2. The Morgan fingerprint density at radius 1 is 1.30 bits per heavy atom. The molecule has 0 aromatic heterocycles. The van der Waals surface area contributed by atoms with E-state index in [4.69, 9.17) is 5.11 Å². The number of amides is 3. The van der Waals surface area contributed by atoms with Crippen LogP contribution in [-0.2, 0) is 9.59 Å². The lowest BCUT2D eigenvalue weighted by atomic mass is 9.92. The number of hydrogen-bond donors (Lipinski definition) is 3. The van der Waals surface area contributed by atoms with Crippen LogP contribution in [0.25, 0.3) is 0 Å². The van der Waals surface area contributed by atoms with Gasteiger partial charge in [-0.25, -0.2) is 4.79 Å². The number of likely N-dealkylation sites (tertiary alicyclic amines) is 1. The van der Waals surface area contributed by atoms with Gasteiger partial charge < -0.3 is 20.6 Å². The number of nitrogens with one attached hydrogen (secondary N) is 2. The SMILES string of the molecule is CCNC(=O)CCNC(=O)N1CCC(C(=O)O)CC1C. The number of piperidine rings is 1. The van der Waals surface area contributed by atoms with Crippen LogP contribution < -0.4 is 10.6 Å². The average molecular weight is 285 g/mol. The second kappa shape index (κ2) is 7.72. The maximum Gasteiger partial charge on any atom is 0.317 e. The molecule has 0 radical (unpaired) electrons. The Bertz CT molecular complexity index is 373. The predicted octanol–water partition coefficient (Wildman–Crippen LogP) is 0.407. The summed E-state index contributed by atoms with van der Waals surface area (Å²) >= 11 is 0. The molecule has 2 atom stereocenters. The molecule has 0 aromatic carbocycles. The summed E-state index contributed by atoms with van der Waals surface area (Å²) in [5.74, 6) is -1.26. The fourth-order valence-corrected chi connectivity index (χ4v) is 2.37. The lowest BCUT2D eigenvalue weighted by Gasteiger charge is -2.36. The van der Waals surface area contributed by atoms with Gasteiger partial charge in [-0.3, -0.25) is 9.59 Å². The van der Waals surface area contributed by atoms with Crippen LogP contribution in [0.4, 0.5) is 4.79 Å². The first-order valence-corrected chi connectivity index (χ1v) is 6.99. The maximum atomic E-state index is 12.0. The van der Waals surface area contributed by atoms with E-state index in [9.17, 15) is 14.4 Å². The number of nitrogens with zero attached hydrogens (tertiary/aromatic N) is 1. The van der Waals surface area contributed by atoms with Crippen molar-refractivity contribution in [3.8, 4) is 0 Å². The van der Waals surface area contributed by atoms with Gasteiger partial charge in [0.25, 0.3) is 0 Å². The van der Waals surface area contributed by atoms with Crippen LogP contribution in [0.5, 0.6) is 0 Å². The highest BCUT2D eigenvalue weighted by atomic mass is 16.4. The third-order valence-electron chi connectivity index (χ3n) is 3.49. The Morgan fingerprint density at radius 3 is 2.55 bits per heavy atom. The summed E-state index contributed by atoms with van der Waals surface area (Å²) in [7, 11) is 0. The summed E-state index contributed by atoms with van der Waals surface area (Å²) in [6, 6.07) is -0.333. The number of rotatable bonds is 5. The maximum absolute atomic E-state index is 12.0. The molecule has 3 N–H and O–H groups in total. The molecule has 1 heterocycles. The van der Waals surface area contributed by atoms with Gasteiger partial charge in [0.1, 0.15) is 0 Å². The van der Waals surface area contributed by atoms with Crippen molar-refractivity contribution in [2.24, 2.45) is 5.92 Å². The number of urea groups is 1. The molecule has 20 heavy (non-hydrogen) atoms. The highest BCUT2D eigenvalue weighted by molar-refractivity contribution is 5.78. The van der Waals surface area contributed by atoms with E-state index in [1.54, 1.807) is 4.90 Å². The van der Waals surface area contributed by atoms with Crippen LogP contribution in [-0.4, -0.2) is 53.6 Å². The lowest BCUT2D eigenvalue weighted by molar-refractivity contribution is -0.143. The monoisotopic (exact) mass is 285 g/mol. The number of carboxylic acid groups (broad SMARTS) is 1. The fraction of sp³-hybridized carbons (Fsp3) is 0.769. The van der Waals surface area contributed by atoms with Crippen LogP contribution in [0.2, 0.25) is 0 Å². The number of carboxylic acids is 1. The first kappa shape index (κ1) is 16.3. The Morgan fingerprint density at radius 2 is 2.00 bits per heavy atom. The van der Waals surface area contributed by atoms with Crippen molar-refractivity contribution in [1.82, 2.24) is 15.5 Å². The van der Waals surface area contributed by atoms with E-state index < -0.39 is 5.97 Å². The molecule has 1 aliphatic rings. The molecule has 1 saturated heterocycles. The van der Waals surface area contributed by atoms with Crippen molar-refractivity contribution in [1.29, 1.82) is 0 Å². The molecule has 0 aliphatic carbocycles. The summed E-state index contributed by atoms with van der Waals surface area (Å²) in [5, 5.41) is 14.3. The van der Waals surface area contributed by atoms with E-state index in [2.05, 4.69) is 10.6 Å². The van der Waals surface area contributed by atoms with Gasteiger partial charge in [0.2, 0.25) is 5.91 Å². The topological polar surface area (TPSA) is 98.7 Å². The molecule has 114 valence electrons. The molecule has 1 rings (SSSR count). The normalized spacial score (nSPS) is 22.2. The van der Waals surface area contributed by atoms with E-state index in [-0.39, 0.29) is 36.9 Å². The molecule has 1 aliphatic heterocycles. The second-order valence-corrected chi connectivity index (χ2v) is 5.04. The van der Waals surface area contributed by atoms with Gasteiger partial charge in [-0.2, -0.15) is 0 Å². The minimum absolute atomic E-state index is 0.0922. The molecule has 2 unspecified atom stereocenters. The van der Waals surface area contributed by atoms with Crippen molar-refractivity contribution in [2.45, 2.75) is 39.2 Å². The highest BCUT2D eigenvalue weighted by Gasteiger charge is 2.31. The first-order chi connectivity index (χ1) is 9.45. The quantitative estimate of drug-likeness (QED) is 0.681. The van der Waals surface area contributed by atoms with Crippen LogP contribution in [0.3, 0.4) is 0 Å². The summed E-state index contributed by atoms with van der Waals surface area (Å²) in [6.45, 7) is 4.98. The molecule has 7 heteroatoms. The highest BCUT2D eigenvalue weighted by Crippen LogP contribution is 2.22. The van der Waals surface area contributed by atoms with Gasteiger partial charge in [-0.1, -0.05) is 0 Å². The van der Waals surface area contributed by atoms with Crippen LogP contribution in [0.1, 0.15) is 33.1 Å². The van der Waals surface area contributed by atoms with Gasteiger partial charge in [-0.15, -0.1) is 0 Å². The molecule has 0 spiro atoms. The van der Waals surface area contributed by atoms with E-state index in [1.807, 2.05) is 13.8 Å². The third kappa shape index (κ3) is 4.71.